The number of fused-ring (bicyclic) bond motifs is 1. The number of pyridine rings is 1. The second-order valence-electron chi connectivity index (χ2n) is 5.56. The number of thioether (sulfide) groups is 1. The van der Waals surface area contributed by atoms with E-state index >= 15 is 0 Å². The molecule has 1 amide bonds. The first-order valence-electron chi connectivity index (χ1n) is 7.74. The molecule has 0 bridgehead atoms. The lowest BCUT2D eigenvalue weighted by Crippen LogP contribution is -2.15. The summed E-state index contributed by atoms with van der Waals surface area (Å²) in [6.07, 6.45) is 6.66. The van der Waals surface area contributed by atoms with Gasteiger partial charge in [0.2, 0.25) is 5.91 Å². The summed E-state index contributed by atoms with van der Waals surface area (Å²) in [4.78, 5) is 16.9. The van der Waals surface area contributed by atoms with Crippen molar-refractivity contribution < 1.29 is 4.79 Å². The molecule has 0 aromatic carbocycles. The highest BCUT2D eigenvalue weighted by Crippen LogP contribution is 2.40. The Hall–Kier alpha value is -1.76. The van der Waals surface area contributed by atoms with Gasteiger partial charge in [-0.1, -0.05) is 11.6 Å². The molecule has 126 valence electrons. The standard InChI is InChI=1S/C17H19ClN4OS/c18-16-13(9-15(20)23)14-8-12(24-7-4-19)3-6-22(14)17(16)11-2-1-5-21-10-11/h1-2,5,8,10H,3-4,6-7,9,19H2,(H2,20,23). The van der Waals surface area contributed by atoms with Crippen LogP contribution in [0.2, 0.25) is 5.02 Å². The van der Waals surface area contributed by atoms with Crippen LogP contribution in [-0.4, -0.2) is 27.8 Å². The van der Waals surface area contributed by atoms with Gasteiger partial charge in [-0.3, -0.25) is 9.78 Å². The maximum Gasteiger partial charge on any atom is 0.221 e. The summed E-state index contributed by atoms with van der Waals surface area (Å²) in [5, 5.41) is 0.582. The number of hydrogen-bond donors (Lipinski definition) is 2. The first-order chi connectivity index (χ1) is 11.6. The van der Waals surface area contributed by atoms with Gasteiger partial charge in [0.15, 0.2) is 0 Å². The Morgan fingerprint density at radius 2 is 2.29 bits per heavy atom. The molecule has 4 N–H and O–H groups in total. The predicted molar refractivity (Wildman–Crippen MR) is 99.7 cm³/mol. The summed E-state index contributed by atoms with van der Waals surface area (Å²) in [5.74, 6) is 0.485. The normalized spacial score (nSPS) is 13.5. The monoisotopic (exact) mass is 362 g/mol. The van der Waals surface area contributed by atoms with Crippen LogP contribution in [0.15, 0.2) is 29.4 Å². The summed E-state index contributed by atoms with van der Waals surface area (Å²) in [7, 11) is 0. The number of amides is 1. The fourth-order valence-electron chi connectivity index (χ4n) is 2.93. The Kier molecular flexibility index (Phi) is 5.28. The fourth-order valence-corrected chi connectivity index (χ4v) is 4.12. The Bertz CT molecular complexity index is 786. The third-order valence-electron chi connectivity index (χ3n) is 3.91. The second-order valence-corrected chi connectivity index (χ2v) is 7.16. The molecule has 3 rings (SSSR count). The molecule has 24 heavy (non-hydrogen) atoms. The number of nitrogens with zero attached hydrogens (tertiary/aromatic N) is 2. The molecule has 0 fully saturated rings. The summed E-state index contributed by atoms with van der Waals surface area (Å²) >= 11 is 8.39. The van der Waals surface area contributed by atoms with Gasteiger partial charge in [0.05, 0.1) is 17.1 Å². The number of hydrogen-bond acceptors (Lipinski definition) is 4. The zero-order valence-electron chi connectivity index (χ0n) is 13.2. The molecule has 1 aliphatic rings. The van der Waals surface area contributed by atoms with Crippen LogP contribution in [-0.2, 0) is 17.8 Å². The number of aromatic nitrogens is 2. The molecule has 2 aromatic heterocycles. The first-order valence-corrected chi connectivity index (χ1v) is 9.11. The summed E-state index contributed by atoms with van der Waals surface area (Å²) in [5.41, 5.74) is 14.6. The smallest absolute Gasteiger partial charge is 0.221 e. The average molecular weight is 363 g/mol. The molecule has 2 aromatic rings. The van der Waals surface area contributed by atoms with Gasteiger partial charge in [0.25, 0.3) is 0 Å². The Morgan fingerprint density at radius 3 is 2.96 bits per heavy atom. The van der Waals surface area contributed by atoms with E-state index in [1.54, 1.807) is 24.2 Å². The van der Waals surface area contributed by atoms with E-state index in [2.05, 4.69) is 15.6 Å². The maximum absolute atomic E-state index is 11.5. The van der Waals surface area contributed by atoms with Crippen molar-refractivity contribution in [3.8, 4) is 11.3 Å². The molecule has 0 atom stereocenters. The van der Waals surface area contributed by atoms with Crippen LogP contribution in [0, 0.1) is 0 Å². The van der Waals surface area contributed by atoms with Gasteiger partial charge in [0, 0.05) is 48.1 Å². The SMILES string of the molecule is NCCSC1=Cc2c(CC(N)=O)c(Cl)c(-c3cccnc3)n2CC1. The van der Waals surface area contributed by atoms with Gasteiger partial charge in [-0.05, 0) is 29.5 Å². The summed E-state index contributed by atoms with van der Waals surface area (Å²) in [6.45, 7) is 1.44. The minimum atomic E-state index is -0.391. The second kappa shape index (κ2) is 7.42. The van der Waals surface area contributed by atoms with E-state index in [0.29, 0.717) is 11.6 Å². The van der Waals surface area contributed by atoms with Crippen LogP contribution in [0.3, 0.4) is 0 Å². The van der Waals surface area contributed by atoms with Crippen molar-refractivity contribution in [1.29, 1.82) is 0 Å². The van der Waals surface area contributed by atoms with E-state index in [-0.39, 0.29) is 6.42 Å². The fraction of sp³-hybridized carbons (Fsp3) is 0.294. The summed E-state index contributed by atoms with van der Waals surface area (Å²) < 4.78 is 2.16. The number of allylic oxidation sites excluding steroid dienone is 1. The lowest BCUT2D eigenvalue weighted by atomic mass is 10.1. The number of carbonyl (C=O) groups is 1. The highest BCUT2D eigenvalue weighted by atomic mass is 35.5. The molecule has 0 radical (unpaired) electrons. The minimum Gasteiger partial charge on any atom is -0.369 e. The van der Waals surface area contributed by atoms with Crippen LogP contribution in [0.1, 0.15) is 17.7 Å². The average Bonchev–Trinajstić information content (AvgIpc) is 2.85. The third-order valence-corrected chi connectivity index (χ3v) is 5.45. The third kappa shape index (κ3) is 3.36. The van der Waals surface area contributed by atoms with Gasteiger partial charge in [-0.25, -0.2) is 0 Å². The highest BCUT2D eigenvalue weighted by molar-refractivity contribution is 8.03. The van der Waals surface area contributed by atoms with Gasteiger partial charge in [-0.2, -0.15) is 0 Å². The van der Waals surface area contributed by atoms with Crippen LogP contribution in [0.5, 0.6) is 0 Å². The molecule has 5 nitrogen and oxygen atoms in total. The van der Waals surface area contributed by atoms with Gasteiger partial charge in [0.1, 0.15) is 0 Å². The van der Waals surface area contributed by atoms with Crippen molar-refractivity contribution in [1.82, 2.24) is 9.55 Å². The molecular formula is C17H19ClN4OS. The van der Waals surface area contributed by atoms with Crippen LogP contribution < -0.4 is 11.5 Å². The lowest BCUT2D eigenvalue weighted by Gasteiger charge is -2.19. The number of halogens is 1. The van der Waals surface area contributed by atoms with E-state index in [1.807, 2.05) is 12.1 Å². The molecule has 0 aliphatic carbocycles. The van der Waals surface area contributed by atoms with E-state index in [4.69, 9.17) is 23.1 Å². The molecule has 0 spiro atoms. The Balaban J connectivity index is 2.12. The van der Waals surface area contributed by atoms with Crippen LogP contribution in [0.4, 0.5) is 0 Å². The Morgan fingerprint density at radius 1 is 1.46 bits per heavy atom. The molecular weight excluding hydrogens is 344 g/mol. The maximum atomic E-state index is 11.5. The van der Waals surface area contributed by atoms with E-state index in [1.165, 1.54) is 4.91 Å². The molecule has 0 unspecified atom stereocenters. The predicted octanol–water partition coefficient (Wildman–Crippen LogP) is 2.67. The van der Waals surface area contributed by atoms with Crippen molar-refractivity contribution in [3.63, 3.8) is 0 Å². The van der Waals surface area contributed by atoms with Crippen molar-refractivity contribution >= 4 is 35.3 Å². The van der Waals surface area contributed by atoms with Gasteiger partial charge in [-0.15, -0.1) is 11.8 Å². The van der Waals surface area contributed by atoms with Crippen molar-refractivity contribution in [2.75, 3.05) is 12.3 Å². The molecule has 1 aliphatic heterocycles. The first kappa shape index (κ1) is 17.1. The quantitative estimate of drug-likeness (QED) is 0.827. The van der Waals surface area contributed by atoms with Crippen molar-refractivity contribution in [2.24, 2.45) is 11.5 Å². The van der Waals surface area contributed by atoms with Crippen molar-refractivity contribution in [3.05, 3.63) is 45.7 Å². The lowest BCUT2D eigenvalue weighted by molar-refractivity contribution is -0.117. The van der Waals surface area contributed by atoms with E-state index < -0.39 is 5.91 Å². The highest BCUT2D eigenvalue weighted by Gasteiger charge is 2.25. The number of nitrogens with two attached hydrogens (primary N) is 2. The van der Waals surface area contributed by atoms with E-state index in [9.17, 15) is 4.79 Å². The van der Waals surface area contributed by atoms with Crippen molar-refractivity contribution in [2.45, 2.75) is 19.4 Å². The van der Waals surface area contributed by atoms with Crippen LogP contribution in [0.25, 0.3) is 17.3 Å². The largest absolute Gasteiger partial charge is 0.369 e. The minimum absolute atomic E-state index is 0.125. The van der Waals surface area contributed by atoms with E-state index in [0.717, 1.165) is 41.2 Å². The Labute approximate surface area is 150 Å². The zero-order chi connectivity index (χ0) is 17.1. The molecule has 0 saturated heterocycles. The zero-order valence-corrected chi connectivity index (χ0v) is 14.7. The molecule has 7 heteroatoms. The van der Waals surface area contributed by atoms with Crippen LogP contribution >= 0.6 is 23.4 Å². The van der Waals surface area contributed by atoms with Gasteiger partial charge >= 0.3 is 0 Å². The topological polar surface area (TPSA) is 86.9 Å². The number of rotatable bonds is 6. The molecule has 0 saturated carbocycles. The van der Waals surface area contributed by atoms with Gasteiger partial charge < -0.3 is 16.0 Å². The molecule has 3 heterocycles. The number of carbonyl (C=O) groups excluding carboxylic acids is 1. The number of primary amides is 1. The summed E-state index contributed by atoms with van der Waals surface area (Å²) in [6, 6.07) is 3.85.